The first-order valence-electron chi connectivity index (χ1n) is 10.8. The third-order valence-electron chi connectivity index (χ3n) is 6.00. The summed E-state index contributed by atoms with van der Waals surface area (Å²) in [4.78, 5) is 29.5. The van der Waals surface area contributed by atoms with Gasteiger partial charge < -0.3 is 10.2 Å². The van der Waals surface area contributed by atoms with E-state index in [0.29, 0.717) is 17.3 Å². The Morgan fingerprint density at radius 3 is 2.33 bits per heavy atom. The third-order valence-corrected chi connectivity index (χ3v) is 6.30. The van der Waals surface area contributed by atoms with Crippen molar-refractivity contribution in [1.82, 2.24) is 4.90 Å². The summed E-state index contributed by atoms with van der Waals surface area (Å²) < 4.78 is 40.5. The van der Waals surface area contributed by atoms with Gasteiger partial charge in [-0.1, -0.05) is 18.2 Å². The van der Waals surface area contributed by atoms with Crippen LogP contribution in [0.1, 0.15) is 30.5 Å². The Bertz CT molecular complexity index is 1380. The minimum absolute atomic E-state index is 0.0320. The van der Waals surface area contributed by atoms with Crippen molar-refractivity contribution in [2.75, 3.05) is 10.2 Å². The lowest BCUT2D eigenvalue weighted by Gasteiger charge is -2.28. The molecule has 0 unspecified atom stereocenters. The van der Waals surface area contributed by atoms with Gasteiger partial charge in [0.25, 0.3) is 5.91 Å². The molecule has 1 aliphatic rings. The van der Waals surface area contributed by atoms with Crippen LogP contribution in [-0.2, 0) is 17.5 Å². The van der Waals surface area contributed by atoms with E-state index in [1.54, 1.807) is 26.0 Å². The summed E-state index contributed by atoms with van der Waals surface area (Å²) in [6.07, 6.45) is -4.82. The van der Waals surface area contributed by atoms with Gasteiger partial charge in [-0.3, -0.25) is 4.79 Å². The van der Waals surface area contributed by atoms with Gasteiger partial charge in [0.15, 0.2) is 0 Å². The molecule has 6 nitrogen and oxygen atoms in total. The second kappa shape index (κ2) is 9.24. The Hall–Kier alpha value is -3.97. The summed E-state index contributed by atoms with van der Waals surface area (Å²) >= 11 is 4.28. The lowest BCUT2D eigenvalue weighted by atomic mass is 10.0. The number of nitrogens with one attached hydrogen (secondary N) is 1. The molecule has 1 saturated heterocycles. The number of hydrogen-bond acceptors (Lipinski definition) is 5. The van der Waals surface area contributed by atoms with Crippen molar-refractivity contribution in [1.29, 1.82) is 5.26 Å². The number of alkyl halides is 3. The molecule has 1 aliphatic heterocycles. The number of urea groups is 1. The van der Waals surface area contributed by atoms with Gasteiger partial charge in [0.2, 0.25) is 0 Å². The number of para-hydroxylation sites is 1. The Balaban J connectivity index is 1.67. The zero-order valence-corrected chi connectivity index (χ0v) is 20.2. The Kier molecular flexibility index (Phi) is 6.45. The molecule has 0 bridgehead atoms. The molecule has 0 aromatic heterocycles. The van der Waals surface area contributed by atoms with Crippen molar-refractivity contribution < 1.29 is 22.8 Å². The second-order valence-corrected chi connectivity index (χ2v) is 9.25. The van der Waals surface area contributed by atoms with Crippen LogP contribution in [0, 0.1) is 11.3 Å². The number of anilines is 3. The molecule has 184 valence electrons. The fraction of sp³-hybridized carbons (Fsp3) is 0.192. The number of rotatable bonds is 5. The number of thiol groups is 1. The van der Waals surface area contributed by atoms with Crippen LogP contribution >= 0.6 is 12.6 Å². The van der Waals surface area contributed by atoms with Gasteiger partial charge in [0.05, 0.1) is 29.4 Å². The lowest BCUT2D eigenvalue weighted by molar-refractivity contribution is -0.137. The van der Waals surface area contributed by atoms with Gasteiger partial charge in [-0.15, -0.1) is 12.6 Å². The fourth-order valence-electron chi connectivity index (χ4n) is 3.98. The van der Waals surface area contributed by atoms with Crippen molar-refractivity contribution in [2.24, 2.45) is 0 Å². The van der Waals surface area contributed by atoms with Crippen LogP contribution in [-0.4, -0.2) is 22.4 Å². The normalized spacial score (nSPS) is 15.2. The highest BCUT2D eigenvalue weighted by atomic mass is 32.1. The second-order valence-electron chi connectivity index (χ2n) is 8.74. The smallest absolute Gasteiger partial charge is 0.355 e. The zero-order chi connectivity index (χ0) is 26.3. The van der Waals surface area contributed by atoms with Gasteiger partial charge in [0.1, 0.15) is 5.54 Å². The van der Waals surface area contributed by atoms with Crippen molar-refractivity contribution in [3.8, 4) is 6.07 Å². The number of benzene rings is 3. The van der Waals surface area contributed by atoms with Crippen molar-refractivity contribution >= 4 is 41.6 Å². The topological polar surface area (TPSA) is 76.4 Å². The maximum absolute atomic E-state index is 13.5. The standard InChI is InChI=1S/C26H21F3N4O2S/c1-25(2)23(34)33(19-10-7-16(14-30)21(13-19)26(27,28)29)24(35)32(25)15-17-5-3-4-6-22(17)31-18-8-11-20(36)12-9-18/h3-13,31,36H,15H2,1-2H3. The van der Waals surface area contributed by atoms with E-state index in [4.69, 9.17) is 5.26 Å². The van der Waals surface area contributed by atoms with Gasteiger partial charge in [-0.05, 0) is 67.9 Å². The molecule has 0 radical (unpaired) electrons. The highest BCUT2D eigenvalue weighted by Gasteiger charge is 2.52. The van der Waals surface area contributed by atoms with Crippen LogP contribution in [0.3, 0.4) is 0 Å². The highest BCUT2D eigenvalue weighted by molar-refractivity contribution is 7.80. The van der Waals surface area contributed by atoms with Crippen LogP contribution in [0.2, 0.25) is 0 Å². The van der Waals surface area contributed by atoms with E-state index in [2.05, 4.69) is 17.9 Å². The van der Waals surface area contributed by atoms with Crippen LogP contribution in [0.25, 0.3) is 0 Å². The quantitative estimate of drug-likeness (QED) is 0.310. The SMILES string of the molecule is CC1(C)C(=O)N(c2ccc(C#N)c(C(F)(F)F)c2)C(=O)N1Cc1ccccc1Nc1ccc(S)cc1. The van der Waals surface area contributed by atoms with Crippen LogP contribution < -0.4 is 10.2 Å². The van der Waals surface area contributed by atoms with Crippen molar-refractivity contribution in [2.45, 2.75) is 37.0 Å². The largest absolute Gasteiger partial charge is 0.417 e. The minimum Gasteiger partial charge on any atom is -0.355 e. The molecule has 3 aromatic rings. The molecule has 1 heterocycles. The van der Waals surface area contributed by atoms with Gasteiger partial charge in [-0.25, -0.2) is 9.69 Å². The summed E-state index contributed by atoms with van der Waals surface area (Å²) in [7, 11) is 0. The molecular weight excluding hydrogens is 489 g/mol. The van der Waals surface area contributed by atoms with Gasteiger partial charge >= 0.3 is 12.2 Å². The van der Waals surface area contributed by atoms with Crippen molar-refractivity contribution in [3.05, 3.63) is 83.4 Å². The average molecular weight is 511 g/mol. The van der Waals surface area contributed by atoms with Crippen LogP contribution in [0.5, 0.6) is 0 Å². The molecule has 4 rings (SSSR count). The molecule has 0 aliphatic carbocycles. The first-order chi connectivity index (χ1) is 16.9. The molecular formula is C26H21F3N4O2S. The maximum Gasteiger partial charge on any atom is 0.417 e. The highest BCUT2D eigenvalue weighted by Crippen LogP contribution is 2.38. The summed E-state index contributed by atoms with van der Waals surface area (Å²) in [5.74, 6) is -0.667. The first kappa shape index (κ1) is 25.1. The molecule has 3 amide bonds. The monoisotopic (exact) mass is 510 g/mol. The number of carbonyl (C=O) groups excluding carboxylic acids is 2. The number of imide groups is 1. The molecule has 36 heavy (non-hydrogen) atoms. The number of nitrogens with zero attached hydrogens (tertiary/aromatic N) is 3. The fourth-order valence-corrected chi connectivity index (χ4v) is 4.13. The van der Waals surface area contributed by atoms with E-state index in [-0.39, 0.29) is 12.2 Å². The summed E-state index contributed by atoms with van der Waals surface area (Å²) in [6.45, 7) is 3.12. The number of carbonyl (C=O) groups is 2. The van der Waals surface area contributed by atoms with E-state index in [1.165, 1.54) is 17.0 Å². The maximum atomic E-state index is 13.5. The van der Waals surface area contributed by atoms with E-state index in [9.17, 15) is 22.8 Å². The van der Waals surface area contributed by atoms with Gasteiger partial charge in [-0.2, -0.15) is 18.4 Å². The van der Waals surface area contributed by atoms with E-state index in [1.807, 2.05) is 36.4 Å². The molecule has 1 fully saturated rings. The van der Waals surface area contributed by atoms with E-state index < -0.39 is 34.8 Å². The van der Waals surface area contributed by atoms with E-state index in [0.717, 1.165) is 21.5 Å². The first-order valence-corrected chi connectivity index (χ1v) is 11.3. The molecule has 0 spiro atoms. The molecule has 10 heteroatoms. The van der Waals surface area contributed by atoms with Crippen molar-refractivity contribution in [3.63, 3.8) is 0 Å². The molecule has 0 saturated carbocycles. The minimum atomic E-state index is -4.82. The summed E-state index contributed by atoms with van der Waals surface area (Å²) in [6, 6.07) is 18.1. The number of nitriles is 1. The van der Waals surface area contributed by atoms with Crippen LogP contribution in [0.15, 0.2) is 71.6 Å². The Morgan fingerprint density at radius 2 is 1.69 bits per heavy atom. The van der Waals surface area contributed by atoms with Crippen LogP contribution in [0.4, 0.5) is 35.0 Å². The Labute approximate surface area is 211 Å². The summed E-state index contributed by atoms with van der Waals surface area (Å²) in [5, 5.41) is 12.3. The molecule has 1 N–H and O–H groups in total. The number of halogens is 3. The Morgan fingerprint density at radius 1 is 1.03 bits per heavy atom. The van der Waals surface area contributed by atoms with Gasteiger partial charge in [0, 0.05) is 16.3 Å². The summed E-state index contributed by atoms with van der Waals surface area (Å²) in [5.41, 5.74) is -1.17. The van der Waals surface area contributed by atoms with E-state index >= 15 is 0 Å². The molecule has 0 atom stereocenters. The zero-order valence-electron chi connectivity index (χ0n) is 19.3. The number of amides is 3. The predicted octanol–water partition coefficient (Wildman–Crippen LogP) is 6.36. The average Bonchev–Trinajstić information content (AvgIpc) is 3.00. The predicted molar refractivity (Wildman–Crippen MR) is 132 cm³/mol. The third kappa shape index (κ3) is 4.62. The lowest BCUT2D eigenvalue weighted by Crippen LogP contribution is -2.43. The molecule has 3 aromatic carbocycles. The number of hydrogen-bond donors (Lipinski definition) is 2.